The molecular formula is C23H26N2O6S. The van der Waals surface area contributed by atoms with Gasteiger partial charge in [-0.3, -0.25) is 14.5 Å². The quantitative estimate of drug-likeness (QED) is 0.503. The van der Waals surface area contributed by atoms with E-state index in [1.807, 2.05) is 0 Å². The molecule has 3 amide bonds. The fourth-order valence-electron chi connectivity index (χ4n) is 3.24. The molecule has 0 fully saturated rings. The number of alkyl carbamates (subject to hydrolysis) is 1. The van der Waals surface area contributed by atoms with Crippen molar-refractivity contribution in [1.29, 1.82) is 0 Å². The SMILES string of the molecule is CCOC(=O)[C@H](Cc1ccc(CN2C(=O)c3ccccc3C2=O)s1)NC(=O)OC(C)(C)C. The van der Waals surface area contributed by atoms with Gasteiger partial charge in [0, 0.05) is 16.2 Å². The van der Waals surface area contributed by atoms with E-state index in [0.717, 1.165) is 9.75 Å². The molecule has 2 heterocycles. The van der Waals surface area contributed by atoms with E-state index in [-0.39, 0.29) is 31.4 Å². The lowest BCUT2D eigenvalue weighted by atomic mass is 10.1. The lowest BCUT2D eigenvalue weighted by Gasteiger charge is -2.22. The standard InChI is InChI=1S/C23H26N2O6S/c1-5-30-21(28)18(24-22(29)31-23(2,3)4)12-14-10-11-15(32-14)13-25-19(26)16-8-6-7-9-17(16)20(25)27/h6-11,18H,5,12-13H2,1-4H3,(H,24,29)/t18-/m0/s1. The topological polar surface area (TPSA) is 102 Å². The molecule has 0 radical (unpaired) electrons. The van der Waals surface area contributed by atoms with E-state index in [1.54, 1.807) is 64.1 Å². The average molecular weight is 459 g/mol. The number of carbonyl (C=O) groups excluding carboxylic acids is 4. The van der Waals surface area contributed by atoms with Gasteiger partial charge in [-0.2, -0.15) is 0 Å². The van der Waals surface area contributed by atoms with Gasteiger partial charge < -0.3 is 14.8 Å². The molecule has 32 heavy (non-hydrogen) atoms. The molecule has 1 aromatic heterocycles. The Morgan fingerprint density at radius 1 is 1.03 bits per heavy atom. The molecule has 0 spiro atoms. The van der Waals surface area contributed by atoms with E-state index >= 15 is 0 Å². The van der Waals surface area contributed by atoms with Crippen molar-refractivity contribution >= 4 is 35.2 Å². The Kier molecular flexibility index (Phi) is 6.98. The Labute approximate surface area is 190 Å². The second-order valence-electron chi connectivity index (χ2n) is 8.27. The van der Waals surface area contributed by atoms with Crippen LogP contribution in [0, 0.1) is 0 Å². The van der Waals surface area contributed by atoms with Crippen molar-refractivity contribution in [3.8, 4) is 0 Å². The number of thiophene rings is 1. The van der Waals surface area contributed by atoms with Crippen molar-refractivity contribution in [2.75, 3.05) is 6.61 Å². The lowest BCUT2D eigenvalue weighted by molar-refractivity contribution is -0.145. The zero-order chi connectivity index (χ0) is 23.5. The summed E-state index contributed by atoms with van der Waals surface area (Å²) < 4.78 is 10.3. The highest BCUT2D eigenvalue weighted by molar-refractivity contribution is 7.12. The molecule has 1 aliphatic rings. The molecule has 1 aromatic carbocycles. The number of benzene rings is 1. The Hall–Kier alpha value is -3.20. The van der Waals surface area contributed by atoms with Crippen LogP contribution in [0.5, 0.6) is 0 Å². The summed E-state index contributed by atoms with van der Waals surface area (Å²) in [7, 11) is 0. The molecule has 0 aliphatic carbocycles. The zero-order valence-corrected chi connectivity index (χ0v) is 19.3. The summed E-state index contributed by atoms with van der Waals surface area (Å²) in [4.78, 5) is 52.5. The van der Waals surface area contributed by atoms with E-state index in [0.29, 0.717) is 11.1 Å². The number of hydrogen-bond acceptors (Lipinski definition) is 7. The molecule has 0 saturated heterocycles. The second-order valence-corrected chi connectivity index (χ2v) is 9.52. The summed E-state index contributed by atoms with van der Waals surface area (Å²) in [6.07, 6.45) is -0.511. The first kappa shape index (κ1) is 23.5. The van der Waals surface area contributed by atoms with Crippen LogP contribution >= 0.6 is 11.3 Å². The van der Waals surface area contributed by atoms with Gasteiger partial charge in [-0.25, -0.2) is 9.59 Å². The first-order valence-electron chi connectivity index (χ1n) is 10.3. The van der Waals surface area contributed by atoms with E-state index in [4.69, 9.17) is 9.47 Å². The minimum absolute atomic E-state index is 0.139. The Bertz CT molecular complexity index is 1000. The summed E-state index contributed by atoms with van der Waals surface area (Å²) in [6.45, 7) is 7.21. The third-order valence-corrected chi connectivity index (χ3v) is 5.67. The summed E-state index contributed by atoms with van der Waals surface area (Å²) in [5, 5.41) is 2.57. The van der Waals surface area contributed by atoms with E-state index in [9.17, 15) is 19.2 Å². The van der Waals surface area contributed by atoms with Crippen LogP contribution < -0.4 is 5.32 Å². The Balaban J connectivity index is 1.69. The second kappa shape index (κ2) is 9.52. The smallest absolute Gasteiger partial charge is 0.408 e. The normalized spacial score (nSPS) is 14.2. The lowest BCUT2D eigenvalue weighted by Crippen LogP contribution is -2.45. The average Bonchev–Trinajstić information content (AvgIpc) is 3.25. The number of fused-ring (bicyclic) bond motifs is 1. The van der Waals surface area contributed by atoms with Gasteiger partial charge in [0.2, 0.25) is 0 Å². The van der Waals surface area contributed by atoms with Gasteiger partial charge in [-0.1, -0.05) is 12.1 Å². The van der Waals surface area contributed by atoms with Gasteiger partial charge in [0.05, 0.1) is 24.3 Å². The van der Waals surface area contributed by atoms with Gasteiger partial charge >= 0.3 is 12.1 Å². The predicted molar refractivity (Wildman–Crippen MR) is 118 cm³/mol. The number of imide groups is 1. The van der Waals surface area contributed by atoms with Crippen molar-refractivity contribution in [2.24, 2.45) is 0 Å². The van der Waals surface area contributed by atoms with Crippen LogP contribution in [-0.2, 0) is 27.2 Å². The number of amides is 3. The molecule has 0 bridgehead atoms. The summed E-state index contributed by atoms with van der Waals surface area (Å²) in [5.74, 6) is -1.21. The predicted octanol–water partition coefficient (Wildman–Crippen LogP) is 3.54. The first-order chi connectivity index (χ1) is 15.1. The summed E-state index contributed by atoms with van der Waals surface area (Å²) in [6, 6.07) is 9.42. The van der Waals surface area contributed by atoms with E-state index < -0.39 is 23.7 Å². The van der Waals surface area contributed by atoms with Crippen LogP contribution in [0.2, 0.25) is 0 Å². The number of nitrogens with one attached hydrogen (secondary N) is 1. The Morgan fingerprint density at radius 2 is 1.62 bits per heavy atom. The van der Waals surface area contributed by atoms with Crippen LogP contribution in [-0.4, -0.2) is 47.0 Å². The maximum Gasteiger partial charge on any atom is 0.408 e. The minimum atomic E-state index is -0.921. The van der Waals surface area contributed by atoms with Crippen molar-refractivity contribution in [2.45, 2.75) is 52.3 Å². The van der Waals surface area contributed by atoms with Crippen molar-refractivity contribution in [3.05, 3.63) is 57.3 Å². The fraction of sp³-hybridized carbons (Fsp3) is 0.391. The number of esters is 1. The van der Waals surface area contributed by atoms with Crippen molar-refractivity contribution in [1.82, 2.24) is 10.2 Å². The molecule has 3 rings (SSSR count). The molecule has 8 nitrogen and oxygen atoms in total. The highest BCUT2D eigenvalue weighted by Crippen LogP contribution is 2.27. The number of hydrogen-bond donors (Lipinski definition) is 1. The van der Waals surface area contributed by atoms with E-state index in [1.165, 1.54) is 16.2 Å². The number of nitrogens with zero attached hydrogens (tertiary/aromatic N) is 1. The van der Waals surface area contributed by atoms with Gasteiger partial charge in [0.1, 0.15) is 11.6 Å². The Morgan fingerprint density at radius 3 is 2.19 bits per heavy atom. The maximum absolute atomic E-state index is 12.6. The van der Waals surface area contributed by atoms with Crippen LogP contribution in [0.15, 0.2) is 36.4 Å². The summed E-state index contributed by atoms with van der Waals surface area (Å²) in [5.41, 5.74) is 0.0996. The zero-order valence-electron chi connectivity index (χ0n) is 18.5. The first-order valence-corrected chi connectivity index (χ1v) is 11.1. The molecule has 2 aromatic rings. The van der Waals surface area contributed by atoms with Gasteiger partial charge in [0.25, 0.3) is 11.8 Å². The largest absolute Gasteiger partial charge is 0.464 e. The van der Waals surface area contributed by atoms with Gasteiger partial charge in [-0.05, 0) is 52.0 Å². The molecule has 1 aliphatic heterocycles. The molecule has 1 N–H and O–H groups in total. The van der Waals surface area contributed by atoms with E-state index in [2.05, 4.69) is 5.32 Å². The molecule has 170 valence electrons. The van der Waals surface area contributed by atoms with Crippen LogP contribution in [0.1, 0.15) is 58.2 Å². The van der Waals surface area contributed by atoms with Crippen molar-refractivity contribution in [3.63, 3.8) is 0 Å². The molecule has 0 unspecified atom stereocenters. The fourth-order valence-corrected chi connectivity index (χ4v) is 4.30. The molecule has 1 atom stereocenters. The number of carbonyl (C=O) groups is 4. The highest BCUT2D eigenvalue weighted by atomic mass is 32.1. The van der Waals surface area contributed by atoms with Gasteiger partial charge in [-0.15, -0.1) is 11.3 Å². The number of rotatable bonds is 7. The molecule has 9 heteroatoms. The maximum atomic E-state index is 12.6. The summed E-state index contributed by atoms with van der Waals surface area (Å²) >= 11 is 1.36. The minimum Gasteiger partial charge on any atom is -0.464 e. The highest BCUT2D eigenvalue weighted by Gasteiger charge is 2.35. The third kappa shape index (κ3) is 5.53. The molecule has 0 saturated carbocycles. The van der Waals surface area contributed by atoms with Crippen LogP contribution in [0.25, 0.3) is 0 Å². The number of ether oxygens (including phenoxy) is 2. The molecular weight excluding hydrogens is 432 g/mol. The van der Waals surface area contributed by atoms with Crippen LogP contribution in [0.4, 0.5) is 4.79 Å². The monoisotopic (exact) mass is 458 g/mol. The van der Waals surface area contributed by atoms with Crippen molar-refractivity contribution < 1.29 is 28.7 Å². The van der Waals surface area contributed by atoms with Crippen LogP contribution in [0.3, 0.4) is 0 Å². The van der Waals surface area contributed by atoms with Gasteiger partial charge in [0.15, 0.2) is 0 Å². The third-order valence-electron chi connectivity index (χ3n) is 4.58.